The van der Waals surface area contributed by atoms with Crippen LogP contribution in [0.5, 0.6) is 5.75 Å². The molecule has 25 heavy (non-hydrogen) atoms. The van der Waals surface area contributed by atoms with Gasteiger partial charge < -0.3 is 4.74 Å². The number of rotatable bonds is 4. The summed E-state index contributed by atoms with van der Waals surface area (Å²) >= 11 is 1.50. The van der Waals surface area contributed by atoms with Crippen LogP contribution in [-0.4, -0.2) is 26.9 Å². The summed E-state index contributed by atoms with van der Waals surface area (Å²) in [6, 6.07) is 16.1. The van der Waals surface area contributed by atoms with Crippen LogP contribution in [0.25, 0.3) is 28.5 Å². The molecule has 2 heterocycles. The fourth-order valence-electron chi connectivity index (χ4n) is 2.63. The molecule has 0 radical (unpaired) electrons. The second-order valence-electron chi connectivity index (χ2n) is 5.60. The first-order valence-electron chi connectivity index (χ1n) is 7.85. The Morgan fingerprint density at radius 2 is 1.92 bits per heavy atom. The average Bonchev–Trinajstić information content (AvgIpc) is 3.20. The normalized spacial score (nSPS) is 11.4. The maximum Gasteiger partial charge on any atom is 0.235 e. The third kappa shape index (κ3) is 3.04. The lowest BCUT2D eigenvalue weighted by Gasteiger charge is -2.02. The molecule has 0 atom stereocenters. The van der Waals surface area contributed by atoms with Gasteiger partial charge in [-0.1, -0.05) is 53.3 Å². The smallest absolute Gasteiger partial charge is 0.235 e. The number of benzene rings is 2. The Kier molecular flexibility index (Phi) is 4.03. The predicted molar refractivity (Wildman–Crippen MR) is 101 cm³/mol. The molecule has 0 fully saturated rings. The van der Waals surface area contributed by atoms with Gasteiger partial charge in [-0.25, -0.2) is 0 Å². The van der Waals surface area contributed by atoms with Crippen LogP contribution in [0, 0.1) is 6.92 Å². The van der Waals surface area contributed by atoms with Gasteiger partial charge >= 0.3 is 0 Å². The number of hydrogen-bond donors (Lipinski definition) is 0. The molecule has 2 aromatic heterocycles. The predicted octanol–water partition coefficient (Wildman–Crippen LogP) is 4.34. The van der Waals surface area contributed by atoms with E-state index in [4.69, 9.17) is 4.74 Å². The number of ether oxygens (including phenoxy) is 1. The van der Waals surface area contributed by atoms with Crippen molar-refractivity contribution in [1.82, 2.24) is 19.8 Å². The van der Waals surface area contributed by atoms with Crippen molar-refractivity contribution in [3.63, 3.8) is 0 Å². The van der Waals surface area contributed by atoms with Crippen LogP contribution in [0.3, 0.4) is 0 Å². The zero-order valence-corrected chi connectivity index (χ0v) is 14.7. The average molecular weight is 348 g/mol. The summed E-state index contributed by atoms with van der Waals surface area (Å²) < 4.78 is 7.16. The molecule has 0 bridgehead atoms. The quantitative estimate of drug-likeness (QED) is 0.550. The summed E-state index contributed by atoms with van der Waals surface area (Å²) in [5.74, 6) is 1.59. The zero-order valence-electron chi connectivity index (χ0n) is 13.9. The van der Waals surface area contributed by atoms with Crippen LogP contribution in [0.1, 0.15) is 16.1 Å². The molecule has 0 spiro atoms. The van der Waals surface area contributed by atoms with Crippen LogP contribution in [0.4, 0.5) is 0 Å². The fourth-order valence-corrected chi connectivity index (χ4v) is 3.37. The Morgan fingerprint density at radius 3 is 2.76 bits per heavy atom. The molecule has 0 aliphatic heterocycles. The second-order valence-corrected chi connectivity index (χ2v) is 6.59. The van der Waals surface area contributed by atoms with Gasteiger partial charge in [0.05, 0.1) is 7.11 Å². The molecular formula is C19H16N4OS. The van der Waals surface area contributed by atoms with E-state index in [9.17, 15) is 0 Å². The van der Waals surface area contributed by atoms with Crippen molar-refractivity contribution >= 4 is 28.4 Å². The summed E-state index contributed by atoms with van der Waals surface area (Å²) in [5.41, 5.74) is 3.20. The standard InChI is InChI=1S/C19H16N4OS/c1-13-6-5-8-15(12-13)18-20-21-19-23(18)22-17(25-19)11-10-14-7-3-4-9-16(14)24-2/h3-12H,1-2H3/b11-10-. The Hall–Kier alpha value is -2.99. The Balaban J connectivity index is 1.70. The van der Waals surface area contributed by atoms with Crippen molar-refractivity contribution in [2.24, 2.45) is 0 Å². The molecule has 0 amide bonds. The van der Waals surface area contributed by atoms with Crippen molar-refractivity contribution in [3.8, 4) is 17.1 Å². The molecule has 0 aliphatic carbocycles. The summed E-state index contributed by atoms with van der Waals surface area (Å²) in [6.07, 6.45) is 3.97. The molecule has 0 saturated carbocycles. The van der Waals surface area contributed by atoms with Crippen LogP contribution >= 0.6 is 11.3 Å². The molecule has 0 N–H and O–H groups in total. The monoisotopic (exact) mass is 348 g/mol. The van der Waals surface area contributed by atoms with E-state index >= 15 is 0 Å². The molecule has 0 unspecified atom stereocenters. The highest BCUT2D eigenvalue weighted by Gasteiger charge is 2.12. The number of para-hydroxylation sites is 1. The van der Waals surface area contributed by atoms with Crippen LogP contribution in [-0.2, 0) is 0 Å². The van der Waals surface area contributed by atoms with E-state index in [0.29, 0.717) is 0 Å². The number of methoxy groups -OCH3 is 1. The molecule has 4 aromatic rings. The highest BCUT2D eigenvalue weighted by molar-refractivity contribution is 7.17. The molecular weight excluding hydrogens is 332 g/mol. The molecule has 6 heteroatoms. The van der Waals surface area contributed by atoms with Gasteiger partial charge in [-0.15, -0.1) is 10.2 Å². The maximum absolute atomic E-state index is 5.37. The van der Waals surface area contributed by atoms with Crippen LogP contribution in [0.2, 0.25) is 0 Å². The zero-order chi connectivity index (χ0) is 17.2. The molecule has 0 saturated heterocycles. The van der Waals surface area contributed by atoms with E-state index in [1.54, 1.807) is 11.6 Å². The largest absolute Gasteiger partial charge is 0.496 e. The summed E-state index contributed by atoms with van der Waals surface area (Å²) in [5, 5.41) is 14.0. The first-order valence-corrected chi connectivity index (χ1v) is 8.66. The minimum absolute atomic E-state index is 0.756. The van der Waals surface area contributed by atoms with Gasteiger partial charge in [0.25, 0.3) is 0 Å². The van der Waals surface area contributed by atoms with E-state index in [1.807, 2.05) is 48.6 Å². The van der Waals surface area contributed by atoms with Crippen molar-refractivity contribution in [2.75, 3.05) is 7.11 Å². The number of fused-ring (bicyclic) bond motifs is 1. The van der Waals surface area contributed by atoms with Gasteiger partial charge in [-0.05, 0) is 31.2 Å². The van der Waals surface area contributed by atoms with E-state index < -0.39 is 0 Å². The van der Waals surface area contributed by atoms with E-state index in [1.165, 1.54) is 16.9 Å². The van der Waals surface area contributed by atoms with Gasteiger partial charge in [-0.3, -0.25) is 0 Å². The number of hydrogen-bond acceptors (Lipinski definition) is 5. The minimum atomic E-state index is 0.756. The third-order valence-corrected chi connectivity index (χ3v) is 4.69. The van der Waals surface area contributed by atoms with E-state index in [0.717, 1.165) is 32.7 Å². The molecule has 5 nitrogen and oxygen atoms in total. The van der Waals surface area contributed by atoms with Crippen molar-refractivity contribution in [3.05, 3.63) is 64.7 Å². The Labute approximate surface area is 149 Å². The van der Waals surface area contributed by atoms with Gasteiger partial charge in [-0.2, -0.15) is 9.61 Å². The SMILES string of the molecule is COc1ccccc1/C=C\c1nn2c(-c3cccc(C)c3)nnc2s1. The fraction of sp³-hybridized carbons (Fsp3) is 0.105. The first-order chi connectivity index (χ1) is 12.2. The first kappa shape index (κ1) is 15.5. The molecule has 124 valence electrons. The number of aromatic nitrogens is 4. The van der Waals surface area contributed by atoms with Gasteiger partial charge in [0.2, 0.25) is 4.96 Å². The van der Waals surface area contributed by atoms with E-state index in [2.05, 4.69) is 34.4 Å². The highest BCUT2D eigenvalue weighted by Crippen LogP contribution is 2.24. The van der Waals surface area contributed by atoms with Gasteiger partial charge in [0.1, 0.15) is 10.8 Å². The lowest BCUT2D eigenvalue weighted by Crippen LogP contribution is -1.91. The van der Waals surface area contributed by atoms with Crippen molar-refractivity contribution in [2.45, 2.75) is 6.92 Å². The number of nitrogens with zero attached hydrogens (tertiary/aromatic N) is 4. The van der Waals surface area contributed by atoms with Gasteiger partial charge in [0, 0.05) is 11.1 Å². The van der Waals surface area contributed by atoms with Crippen molar-refractivity contribution in [1.29, 1.82) is 0 Å². The molecule has 0 aliphatic rings. The summed E-state index contributed by atoms with van der Waals surface area (Å²) in [7, 11) is 1.67. The van der Waals surface area contributed by atoms with E-state index in [-0.39, 0.29) is 0 Å². The third-order valence-electron chi connectivity index (χ3n) is 3.83. The summed E-state index contributed by atoms with van der Waals surface area (Å²) in [6.45, 7) is 2.06. The maximum atomic E-state index is 5.37. The van der Waals surface area contributed by atoms with Crippen LogP contribution in [0.15, 0.2) is 48.5 Å². The molecule has 2 aromatic carbocycles. The van der Waals surface area contributed by atoms with Crippen molar-refractivity contribution < 1.29 is 4.74 Å². The minimum Gasteiger partial charge on any atom is -0.496 e. The van der Waals surface area contributed by atoms with Gasteiger partial charge in [0.15, 0.2) is 5.82 Å². The Bertz CT molecular complexity index is 1060. The molecule has 4 rings (SSSR count). The lowest BCUT2D eigenvalue weighted by atomic mass is 10.1. The summed E-state index contributed by atoms with van der Waals surface area (Å²) in [4.78, 5) is 0.774. The second kappa shape index (κ2) is 6.49. The Morgan fingerprint density at radius 1 is 1.04 bits per heavy atom. The number of aryl methyl sites for hydroxylation is 1. The topological polar surface area (TPSA) is 52.3 Å². The lowest BCUT2D eigenvalue weighted by molar-refractivity contribution is 0.414. The van der Waals surface area contributed by atoms with Crippen LogP contribution < -0.4 is 4.74 Å². The highest BCUT2D eigenvalue weighted by atomic mass is 32.1.